The molecule has 0 spiro atoms. The predicted octanol–water partition coefficient (Wildman–Crippen LogP) is 5.51. The molecule has 0 saturated heterocycles. The minimum absolute atomic E-state index is 0.0261. The average Bonchev–Trinajstić information content (AvgIpc) is 2.98. The highest BCUT2D eigenvalue weighted by molar-refractivity contribution is 6.16. The van der Waals surface area contributed by atoms with E-state index >= 15 is 0 Å². The first kappa shape index (κ1) is 22.6. The summed E-state index contributed by atoms with van der Waals surface area (Å²) < 4.78 is 5.25. The molecule has 1 N–H and O–H groups in total. The molecule has 0 fully saturated rings. The number of rotatable bonds is 6. The van der Waals surface area contributed by atoms with Crippen molar-refractivity contribution in [2.24, 2.45) is 5.92 Å². The second-order valence-corrected chi connectivity index (χ2v) is 9.43. The molecule has 0 aromatic heterocycles. The maximum Gasteiger partial charge on any atom is 0.294 e. The van der Waals surface area contributed by atoms with Gasteiger partial charge in [0.15, 0.2) is 11.5 Å². The molecule has 5 nitrogen and oxygen atoms in total. The Hall–Kier alpha value is -3.08. The molecular weight excluding hydrogens is 390 g/mol. The first-order chi connectivity index (χ1) is 14.5. The van der Waals surface area contributed by atoms with Crippen LogP contribution in [0.2, 0.25) is 0 Å². The molecule has 0 radical (unpaired) electrons. The van der Waals surface area contributed by atoms with Gasteiger partial charge in [-0.15, -0.1) is 0 Å². The SMILES string of the molecule is COc1ccc(C2C(C(=O)CC(C)C)=C(O)C(=O)N2c2ccc(C(C)(C)C)cc2)cc1. The summed E-state index contributed by atoms with van der Waals surface area (Å²) in [6.07, 6.45) is 0.260. The van der Waals surface area contributed by atoms with Gasteiger partial charge in [-0.3, -0.25) is 14.5 Å². The largest absolute Gasteiger partial charge is 0.503 e. The molecule has 2 aromatic carbocycles. The summed E-state index contributed by atoms with van der Waals surface area (Å²) in [5, 5.41) is 10.7. The zero-order chi connectivity index (χ0) is 22.9. The number of Topliss-reactive ketones (excluding diaryl/α,β-unsaturated/α-hetero) is 1. The average molecular weight is 422 g/mol. The molecule has 1 heterocycles. The van der Waals surface area contributed by atoms with E-state index in [1.165, 1.54) is 4.90 Å². The third-order valence-corrected chi connectivity index (χ3v) is 5.55. The van der Waals surface area contributed by atoms with Gasteiger partial charge in [0.05, 0.1) is 18.7 Å². The van der Waals surface area contributed by atoms with E-state index in [1.807, 2.05) is 50.2 Å². The highest BCUT2D eigenvalue weighted by Gasteiger charge is 2.44. The van der Waals surface area contributed by atoms with Crippen LogP contribution in [0.15, 0.2) is 59.9 Å². The summed E-state index contributed by atoms with van der Waals surface area (Å²) in [7, 11) is 1.58. The minimum Gasteiger partial charge on any atom is -0.503 e. The maximum absolute atomic E-state index is 13.1. The number of ketones is 1. The molecule has 1 aliphatic rings. The first-order valence-corrected chi connectivity index (χ1v) is 10.6. The van der Waals surface area contributed by atoms with Crippen molar-refractivity contribution < 1.29 is 19.4 Å². The fourth-order valence-corrected chi connectivity index (χ4v) is 3.86. The predicted molar refractivity (Wildman–Crippen MR) is 122 cm³/mol. The third-order valence-electron chi connectivity index (χ3n) is 5.55. The summed E-state index contributed by atoms with van der Waals surface area (Å²) in [4.78, 5) is 27.7. The number of hydrogen-bond donors (Lipinski definition) is 1. The maximum atomic E-state index is 13.1. The summed E-state index contributed by atoms with van der Waals surface area (Å²) in [5.74, 6) is -0.449. The molecule has 164 valence electrons. The van der Waals surface area contributed by atoms with Gasteiger partial charge in [0.25, 0.3) is 5.91 Å². The van der Waals surface area contributed by atoms with Crippen molar-refractivity contribution in [3.05, 3.63) is 71.0 Å². The second kappa shape index (κ2) is 8.58. The van der Waals surface area contributed by atoms with Crippen LogP contribution in [0.3, 0.4) is 0 Å². The molecule has 0 aliphatic carbocycles. The lowest BCUT2D eigenvalue weighted by Crippen LogP contribution is -2.31. The van der Waals surface area contributed by atoms with E-state index in [9.17, 15) is 14.7 Å². The zero-order valence-corrected chi connectivity index (χ0v) is 19.1. The van der Waals surface area contributed by atoms with E-state index in [4.69, 9.17) is 4.74 Å². The molecule has 1 atom stereocenters. The lowest BCUT2D eigenvalue weighted by Gasteiger charge is -2.28. The van der Waals surface area contributed by atoms with Gasteiger partial charge >= 0.3 is 0 Å². The van der Waals surface area contributed by atoms with Crippen molar-refractivity contribution in [1.82, 2.24) is 0 Å². The standard InChI is InChI=1S/C26H31NO4/c1-16(2)15-21(28)22-23(17-7-13-20(31-6)14-8-17)27(25(30)24(22)29)19-11-9-18(10-12-19)26(3,4)5/h7-14,16,23,29H,15H2,1-6H3. The third kappa shape index (κ3) is 4.50. The fourth-order valence-electron chi connectivity index (χ4n) is 3.86. The Kier molecular flexibility index (Phi) is 6.25. The zero-order valence-electron chi connectivity index (χ0n) is 19.1. The quantitative estimate of drug-likeness (QED) is 0.668. The Morgan fingerprint density at radius 3 is 2.13 bits per heavy atom. The van der Waals surface area contributed by atoms with Crippen LogP contribution in [0, 0.1) is 5.92 Å². The van der Waals surface area contributed by atoms with Crippen molar-refractivity contribution in [1.29, 1.82) is 0 Å². The number of ether oxygens (including phenoxy) is 1. The van der Waals surface area contributed by atoms with E-state index in [0.717, 1.165) is 11.1 Å². The highest BCUT2D eigenvalue weighted by atomic mass is 16.5. The van der Waals surface area contributed by atoms with Crippen molar-refractivity contribution in [2.75, 3.05) is 12.0 Å². The van der Waals surface area contributed by atoms with Gasteiger partial charge in [-0.25, -0.2) is 0 Å². The molecule has 31 heavy (non-hydrogen) atoms. The molecule has 1 amide bonds. The van der Waals surface area contributed by atoms with Crippen LogP contribution in [-0.2, 0) is 15.0 Å². The van der Waals surface area contributed by atoms with Gasteiger partial charge in [-0.2, -0.15) is 0 Å². The van der Waals surface area contributed by atoms with Crippen LogP contribution in [0.4, 0.5) is 5.69 Å². The van der Waals surface area contributed by atoms with Crippen LogP contribution in [0.25, 0.3) is 0 Å². The fraction of sp³-hybridized carbons (Fsp3) is 0.385. The summed E-state index contributed by atoms with van der Waals surface area (Å²) in [5.41, 5.74) is 2.64. The molecule has 0 saturated carbocycles. The molecule has 1 unspecified atom stereocenters. The Balaban J connectivity index is 2.10. The number of carbonyl (C=O) groups is 2. The van der Waals surface area contributed by atoms with E-state index in [0.29, 0.717) is 11.4 Å². The van der Waals surface area contributed by atoms with E-state index in [-0.39, 0.29) is 29.1 Å². The van der Waals surface area contributed by atoms with Crippen LogP contribution >= 0.6 is 0 Å². The topological polar surface area (TPSA) is 66.8 Å². The van der Waals surface area contributed by atoms with Gasteiger partial charge < -0.3 is 9.84 Å². The van der Waals surface area contributed by atoms with Crippen molar-refractivity contribution in [3.63, 3.8) is 0 Å². The lowest BCUT2D eigenvalue weighted by molar-refractivity contribution is -0.118. The number of hydrogen-bond acceptors (Lipinski definition) is 4. The minimum atomic E-state index is -0.690. The van der Waals surface area contributed by atoms with Gasteiger partial charge in [0.2, 0.25) is 0 Å². The Bertz CT molecular complexity index is 995. The molecular formula is C26H31NO4. The number of aliphatic hydroxyl groups is 1. The smallest absolute Gasteiger partial charge is 0.294 e. The van der Waals surface area contributed by atoms with E-state index < -0.39 is 17.7 Å². The second-order valence-electron chi connectivity index (χ2n) is 9.43. The Morgan fingerprint density at radius 1 is 1.06 bits per heavy atom. The molecule has 1 aliphatic heterocycles. The van der Waals surface area contributed by atoms with Crippen molar-refractivity contribution in [3.8, 4) is 5.75 Å². The van der Waals surface area contributed by atoms with Crippen LogP contribution in [-0.4, -0.2) is 23.9 Å². The number of benzene rings is 2. The van der Waals surface area contributed by atoms with Crippen LogP contribution in [0.1, 0.15) is 58.2 Å². The Labute approximate surface area is 184 Å². The lowest BCUT2D eigenvalue weighted by atomic mass is 9.87. The van der Waals surface area contributed by atoms with Crippen LogP contribution in [0.5, 0.6) is 5.75 Å². The number of nitrogens with zero attached hydrogens (tertiary/aromatic N) is 1. The normalized spacial score (nSPS) is 16.9. The van der Waals surface area contributed by atoms with Gasteiger partial charge in [0, 0.05) is 12.1 Å². The highest BCUT2D eigenvalue weighted by Crippen LogP contribution is 2.42. The number of carbonyl (C=O) groups excluding carboxylic acids is 2. The number of amides is 1. The molecule has 3 rings (SSSR count). The molecule has 5 heteroatoms. The van der Waals surface area contributed by atoms with Gasteiger partial charge in [-0.1, -0.05) is 58.9 Å². The number of anilines is 1. The molecule has 0 bridgehead atoms. The van der Waals surface area contributed by atoms with E-state index in [1.54, 1.807) is 19.2 Å². The van der Waals surface area contributed by atoms with E-state index in [2.05, 4.69) is 20.8 Å². The summed E-state index contributed by atoms with van der Waals surface area (Å²) in [6.45, 7) is 10.3. The van der Waals surface area contributed by atoms with Gasteiger partial charge in [0.1, 0.15) is 5.75 Å². The monoisotopic (exact) mass is 421 g/mol. The van der Waals surface area contributed by atoms with Crippen molar-refractivity contribution >= 4 is 17.4 Å². The Morgan fingerprint density at radius 2 is 1.65 bits per heavy atom. The van der Waals surface area contributed by atoms with Crippen LogP contribution < -0.4 is 9.64 Å². The molecule has 2 aromatic rings. The summed E-state index contributed by atoms with van der Waals surface area (Å²) in [6, 6.07) is 14.3. The van der Waals surface area contributed by atoms with Crippen molar-refractivity contribution in [2.45, 2.75) is 52.5 Å². The first-order valence-electron chi connectivity index (χ1n) is 10.6. The number of aliphatic hydroxyl groups excluding tert-OH is 1. The van der Waals surface area contributed by atoms with Gasteiger partial charge in [-0.05, 0) is 46.7 Å². The number of methoxy groups -OCH3 is 1. The summed E-state index contributed by atoms with van der Waals surface area (Å²) >= 11 is 0.